The molecule has 0 bridgehead atoms. The van der Waals surface area contributed by atoms with E-state index in [0.717, 1.165) is 11.3 Å². The zero-order valence-corrected chi connectivity index (χ0v) is 17.1. The van der Waals surface area contributed by atoms with E-state index in [-0.39, 0.29) is 29.3 Å². The molecule has 1 aromatic carbocycles. The molecule has 0 aliphatic carbocycles. The molecule has 2 aromatic rings. The first kappa shape index (κ1) is 19.5. The predicted molar refractivity (Wildman–Crippen MR) is 108 cm³/mol. The maximum atomic E-state index is 12.6. The Labute approximate surface area is 163 Å². The van der Waals surface area contributed by atoms with Crippen molar-refractivity contribution in [2.24, 2.45) is 0 Å². The second-order valence-corrected chi connectivity index (χ2v) is 8.79. The molecule has 7 heteroatoms. The van der Waals surface area contributed by atoms with Crippen LogP contribution in [-0.4, -0.2) is 28.3 Å². The van der Waals surface area contributed by atoms with Crippen LogP contribution in [0, 0.1) is 6.92 Å². The lowest BCUT2D eigenvalue weighted by atomic mass is 9.92. The van der Waals surface area contributed by atoms with Crippen LogP contribution in [0.4, 0.5) is 5.69 Å². The summed E-state index contributed by atoms with van der Waals surface area (Å²) in [4.78, 5) is 29.9. The Bertz CT molecular complexity index is 931. The molecule has 0 saturated heterocycles. The second kappa shape index (κ2) is 7.38. The van der Waals surface area contributed by atoms with Crippen LogP contribution in [0.15, 0.2) is 34.2 Å². The van der Waals surface area contributed by atoms with Crippen molar-refractivity contribution < 1.29 is 9.53 Å². The number of hydrogen-bond donors (Lipinski definition) is 1. The van der Waals surface area contributed by atoms with E-state index >= 15 is 0 Å². The van der Waals surface area contributed by atoms with Gasteiger partial charge < -0.3 is 10.1 Å². The molecule has 1 aliphatic rings. The number of amides is 1. The van der Waals surface area contributed by atoms with Crippen LogP contribution in [0.25, 0.3) is 0 Å². The third kappa shape index (κ3) is 4.18. The number of rotatable bonds is 4. The lowest BCUT2D eigenvalue weighted by Crippen LogP contribution is -2.29. The number of aryl methyl sites for hydroxylation is 1. The van der Waals surface area contributed by atoms with Crippen molar-refractivity contribution in [3.05, 3.63) is 45.9 Å². The van der Waals surface area contributed by atoms with E-state index in [0.29, 0.717) is 22.3 Å². The number of nitrogens with one attached hydrogen (secondary N) is 1. The number of benzene rings is 1. The van der Waals surface area contributed by atoms with Gasteiger partial charge in [0.1, 0.15) is 5.75 Å². The van der Waals surface area contributed by atoms with E-state index in [1.807, 2.05) is 45.9 Å². The Balaban J connectivity index is 1.79. The van der Waals surface area contributed by atoms with Crippen molar-refractivity contribution in [1.82, 2.24) is 9.55 Å². The molecule has 1 aromatic heterocycles. The van der Waals surface area contributed by atoms with E-state index in [1.54, 1.807) is 17.7 Å². The maximum Gasteiger partial charge on any atom is 0.254 e. The first-order valence-electron chi connectivity index (χ1n) is 8.90. The molecule has 1 atom stereocenters. The minimum absolute atomic E-state index is 0.0964. The largest absolute Gasteiger partial charge is 0.495 e. The van der Waals surface area contributed by atoms with Gasteiger partial charge in [-0.15, -0.1) is 0 Å². The van der Waals surface area contributed by atoms with Crippen LogP contribution >= 0.6 is 11.8 Å². The number of carbonyl (C=O) groups excluding carboxylic acids is 1. The number of carbonyl (C=O) groups is 1. The van der Waals surface area contributed by atoms with E-state index in [2.05, 4.69) is 10.3 Å². The average molecular weight is 388 g/mol. The fourth-order valence-corrected chi connectivity index (χ4v) is 4.17. The molecule has 0 radical (unpaired) electrons. The van der Waals surface area contributed by atoms with Crippen molar-refractivity contribution in [3.8, 4) is 5.75 Å². The normalized spacial score (nSPS) is 16.1. The van der Waals surface area contributed by atoms with E-state index in [1.165, 1.54) is 11.8 Å². The number of nitrogens with zero attached hydrogens (tertiary/aromatic N) is 2. The van der Waals surface area contributed by atoms with Crippen molar-refractivity contribution in [1.29, 1.82) is 0 Å². The van der Waals surface area contributed by atoms with Gasteiger partial charge in [-0.1, -0.05) is 38.6 Å². The maximum absolute atomic E-state index is 12.6. The molecular formula is C20H25N3O3S. The molecule has 0 spiro atoms. The Morgan fingerprint density at radius 1 is 1.37 bits per heavy atom. The summed E-state index contributed by atoms with van der Waals surface area (Å²) >= 11 is 1.53. The molecule has 0 fully saturated rings. The van der Waals surface area contributed by atoms with Gasteiger partial charge in [0, 0.05) is 23.7 Å². The molecule has 1 unspecified atom stereocenters. The molecular weight excluding hydrogens is 362 g/mol. The summed E-state index contributed by atoms with van der Waals surface area (Å²) in [5.41, 5.74) is 2.17. The molecule has 27 heavy (non-hydrogen) atoms. The van der Waals surface area contributed by atoms with E-state index in [9.17, 15) is 9.59 Å². The van der Waals surface area contributed by atoms with Gasteiger partial charge in [-0.3, -0.25) is 14.2 Å². The van der Waals surface area contributed by atoms with Gasteiger partial charge in [-0.25, -0.2) is 4.98 Å². The number of hydrogen-bond acceptors (Lipinski definition) is 5. The summed E-state index contributed by atoms with van der Waals surface area (Å²) in [5, 5.41) is 3.60. The van der Waals surface area contributed by atoms with Crippen LogP contribution in [0.1, 0.15) is 44.5 Å². The van der Waals surface area contributed by atoms with Crippen LogP contribution < -0.4 is 15.6 Å². The Morgan fingerprint density at radius 2 is 2.11 bits per heavy atom. The molecule has 1 aliphatic heterocycles. The van der Waals surface area contributed by atoms with Crippen LogP contribution in [0.3, 0.4) is 0 Å². The minimum atomic E-state index is -0.199. The Hall–Kier alpha value is -2.28. The highest BCUT2D eigenvalue weighted by atomic mass is 32.2. The molecule has 1 amide bonds. The zero-order chi connectivity index (χ0) is 19.8. The van der Waals surface area contributed by atoms with Crippen LogP contribution in [0.5, 0.6) is 5.75 Å². The summed E-state index contributed by atoms with van der Waals surface area (Å²) in [6.45, 7) is 8.06. The first-order chi connectivity index (χ1) is 12.7. The molecule has 1 N–H and O–H groups in total. The highest BCUT2D eigenvalue weighted by molar-refractivity contribution is 7.99. The number of ether oxygens (including phenoxy) is 1. The van der Waals surface area contributed by atoms with Gasteiger partial charge in [-0.05, 0) is 24.6 Å². The van der Waals surface area contributed by atoms with Gasteiger partial charge >= 0.3 is 0 Å². The van der Waals surface area contributed by atoms with Gasteiger partial charge in [0.15, 0.2) is 5.16 Å². The second-order valence-electron chi connectivity index (χ2n) is 7.80. The average Bonchev–Trinajstić information content (AvgIpc) is 2.97. The topological polar surface area (TPSA) is 73.2 Å². The number of anilines is 1. The van der Waals surface area contributed by atoms with Crippen molar-refractivity contribution >= 4 is 23.4 Å². The predicted octanol–water partition coefficient (Wildman–Crippen LogP) is 3.53. The summed E-state index contributed by atoms with van der Waals surface area (Å²) in [7, 11) is 1.57. The number of fused-ring (bicyclic) bond motifs is 1. The van der Waals surface area contributed by atoms with Gasteiger partial charge in [0.25, 0.3) is 5.56 Å². The standard InChI is InChI=1S/C20H25N3O3S/c1-12-6-7-15(26-5)14(8-12)21-17(24)9-13-11-27-19-22-16(20(2,3)4)10-18(25)23(13)19/h6-8,10,13H,9,11H2,1-5H3,(H,21,24). The lowest BCUT2D eigenvalue weighted by molar-refractivity contribution is -0.116. The van der Waals surface area contributed by atoms with E-state index < -0.39 is 0 Å². The van der Waals surface area contributed by atoms with Crippen molar-refractivity contribution in [2.75, 3.05) is 18.2 Å². The van der Waals surface area contributed by atoms with Crippen LogP contribution in [-0.2, 0) is 10.2 Å². The highest BCUT2D eigenvalue weighted by Gasteiger charge is 2.29. The molecule has 144 valence electrons. The zero-order valence-electron chi connectivity index (χ0n) is 16.3. The Kier molecular flexibility index (Phi) is 5.33. The third-order valence-corrected chi connectivity index (χ3v) is 5.61. The fraction of sp³-hybridized carbons (Fsp3) is 0.450. The van der Waals surface area contributed by atoms with Gasteiger partial charge in [-0.2, -0.15) is 0 Å². The third-order valence-electron chi connectivity index (χ3n) is 4.51. The van der Waals surface area contributed by atoms with Crippen molar-refractivity contribution in [2.45, 2.75) is 50.7 Å². The summed E-state index contributed by atoms with van der Waals surface area (Å²) in [6, 6.07) is 7.01. The number of thioether (sulfide) groups is 1. The van der Waals surface area contributed by atoms with Crippen molar-refractivity contribution in [3.63, 3.8) is 0 Å². The quantitative estimate of drug-likeness (QED) is 0.813. The molecule has 0 saturated carbocycles. The number of aromatic nitrogens is 2. The number of methoxy groups -OCH3 is 1. The summed E-state index contributed by atoms with van der Waals surface area (Å²) in [5.74, 6) is 1.13. The summed E-state index contributed by atoms with van der Waals surface area (Å²) < 4.78 is 6.95. The van der Waals surface area contributed by atoms with Gasteiger partial charge in [0.05, 0.1) is 24.5 Å². The summed E-state index contributed by atoms with van der Waals surface area (Å²) in [6.07, 6.45) is 0.216. The SMILES string of the molecule is COc1ccc(C)cc1NC(=O)CC1CSc2nc(C(C)(C)C)cc(=O)n21. The Morgan fingerprint density at radius 3 is 2.78 bits per heavy atom. The lowest BCUT2D eigenvalue weighted by Gasteiger charge is -2.19. The van der Waals surface area contributed by atoms with Crippen LogP contribution in [0.2, 0.25) is 0 Å². The van der Waals surface area contributed by atoms with Gasteiger partial charge in [0.2, 0.25) is 5.91 Å². The molecule has 6 nitrogen and oxygen atoms in total. The monoisotopic (exact) mass is 387 g/mol. The fourth-order valence-electron chi connectivity index (χ4n) is 3.02. The first-order valence-corrected chi connectivity index (χ1v) is 9.89. The smallest absolute Gasteiger partial charge is 0.254 e. The molecule has 2 heterocycles. The highest BCUT2D eigenvalue weighted by Crippen LogP contribution is 2.34. The van der Waals surface area contributed by atoms with E-state index in [4.69, 9.17) is 4.74 Å². The minimum Gasteiger partial charge on any atom is -0.495 e. The molecule has 3 rings (SSSR count).